The van der Waals surface area contributed by atoms with Gasteiger partial charge in [0.05, 0.1) is 0 Å². The Morgan fingerprint density at radius 2 is 1.96 bits per heavy atom. The van der Waals surface area contributed by atoms with Gasteiger partial charge in [-0.3, -0.25) is 19.5 Å². The van der Waals surface area contributed by atoms with Crippen LogP contribution in [0, 0.1) is 6.92 Å². The van der Waals surface area contributed by atoms with Gasteiger partial charge < -0.3 is 0 Å². The van der Waals surface area contributed by atoms with Crippen LogP contribution in [0.5, 0.6) is 0 Å². The first-order valence-corrected chi connectivity index (χ1v) is 10.1. The van der Waals surface area contributed by atoms with Crippen LogP contribution < -0.4 is 10.2 Å². The molecule has 2 heterocycles. The minimum Gasteiger partial charge on any atom is -0.299 e. The molecule has 0 atom stereocenters. The smallest absolute Gasteiger partial charge is 0.299 e. The van der Waals surface area contributed by atoms with Crippen LogP contribution in [0.25, 0.3) is 0 Å². The van der Waals surface area contributed by atoms with Crippen molar-refractivity contribution in [2.24, 2.45) is 0 Å². The van der Waals surface area contributed by atoms with Crippen LogP contribution in [0.3, 0.4) is 0 Å². The van der Waals surface area contributed by atoms with Crippen molar-refractivity contribution in [2.45, 2.75) is 65.3 Å². The van der Waals surface area contributed by atoms with E-state index in [1.54, 1.807) is 5.38 Å². The molecule has 0 bridgehead atoms. The maximum atomic E-state index is 12.0. The van der Waals surface area contributed by atoms with Crippen LogP contribution in [0.4, 0.5) is 5.13 Å². The quantitative estimate of drug-likeness (QED) is 0.650. The molecule has 2 rings (SSSR count). The van der Waals surface area contributed by atoms with E-state index < -0.39 is 0 Å². The van der Waals surface area contributed by atoms with Gasteiger partial charge >= 0.3 is 4.87 Å². The normalized spacial score (nSPS) is 10.9. The van der Waals surface area contributed by atoms with Crippen molar-refractivity contribution in [3.63, 3.8) is 0 Å². The van der Waals surface area contributed by atoms with Gasteiger partial charge in [0.25, 0.3) is 0 Å². The van der Waals surface area contributed by atoms with Gasteiger partial charge in [-0.25, -0.2) is 0 Å². The number of aromatic nitrogens is 3. The average Bonchev–Trinajstić information content (AvgIpc) is 3.12. The molecular weight excluding hydrogens is 344 g/mol. The topological polar surface area (TPSA) is 76.9 Å². The number of hydrogen-bond donors (Lipinski definition) is 1. The number of hydrogen-bond acceptors (Lipinski definition) is 6. The molecule has 0 radical (unpaired) electrons. The molecule has 0 unspecified atom stereocenters. The molecule has 0 fully saturated rings. The van der Waals surface area contributed by atoms with E-state index in [2.05, 4.69) is 22.4 Å². The first kappa shape index (κ1) is 18.8. The van der Waals surface area contributed by atoms with Crippen LogP contribution in [0.1, 0.15) is 56.2 Å². The molecule has 0 saturated heterocycles. The highest BCUT2D eigenvalue weighted by Crippen LogP contribution is 2.18. The molecule has 2 aromatic rings. The van der Waals surface area contributed by atoms with Crippen LogP contribution in [0.15, 0.2) is 10.2 Å². The number of nitrogens with zero attached hydrogens (tertiary/aromatic N) is 3. The summed E-state index contributed by atoms with van der Waals surface area (Å²) in [5.41, 5.74) is 0.793. The lowest BCUT2D eigenvalue weighted by Gasteiger charge is -2.03. The Labute approximate surface area is 149 Å². The molecule has 1 amide bonds. The summed E-state index contributed by atoms with van der Waals surface area (Å²) in [5, 5.41) is 14.1. The van der Waals surface area contributed by atoms with Gasteiger partial charge in [-0.05, 0) is 13.3 Å². The number of thiazole rings is 1. The van der Waals surface area contributed by atoms with E-state index in [1.807, 2.05) is 6.92 Å². The van der Waals surface area contributed by atoms with Gasteiger partial charge in [-0.2, -0.15) is 0 Å². The minimum atomic E-state index is -0.249. The van der Waals surface area contributed by atoms with E-state index >= 15 is 0 Å². The minimum absolute atomic E-state index is 0.0144. The third-order valence-corrected chi connectivity index (χ3v) is 5.51. The molecule has 0 aliphatic carbocycles. The van der Waals surface area contributed by atoms with Gasteiger partial charge in [-0.15, -0.1) is 10.2 Å². The summed E-state index contributed by atoms with van der Waals surface area (Å²) in [6.45, 7) is 4.04. The molecule has 0 spiro atoms. The highest BCUT2D eigenvalue weighted by molar-refractivity contribution is 7.15. The zero-order chi connectivity index (χ0) is 17.4. The predicted octanol–water partition coefficient (Wildman–Crippen LogP) is 3.61. The Morgan fingerprint density at radius 1 is 1.21 bits per heavy atom. The lowest BCUT2D eigenvalue weighted by molar-refractivity contribution is -0.116. The van der Waals surface area contributed by atoms with E-state index in [0.717, 1.165) is 34.9 Å². The van der Waals surface area contributed by atoms with E-state index in [9.17, 15) is 9.59 Å². The number of anilines is 1. The number of carbonyl (C=O) groups excluding carboxylic acids is 1. The molecular formula is C16H24N4O2S2. The van der Waals surface area contributed by atoms with Crippen molar-refractivity contribution >= 4 is 33.7 Å². The van der Waals surface area contributed by atoms with Gasteiger partial charge in [0, 0.05) is 17.5 Å². The highest BCUT2D eigenvalue weighted by Gasteiger charge is 2.11. The van der Waals surface area contributed by atoms with Crippen LogP contribution >= 0.6 is 22.7 Å². The van der Waals surface area contributed by atoms with Crippen LogP contribution in [-0.4, -0.2) is 20.7 Å². The lowest BCUT2D eigenvalue weighted by Crippen LogP contribution is -2.25. The standard InChI is InChI=1S/C16H24N4O2S2/c1-3-4-5-6-7-8-9-14-18-19-15(24-14)17-13(21)10-20-12(2)11-23-16(20)22/h11H,3-10H2,1-2H3,(H,17,19,21). The number of amides is 1. The second-order valence-corrected chi connectivity index (χ2v) is 7.68. The molecule has 0 aliphatic rings. The van der Waals surface area contributed by atoms with Crippen molar-refractivity contribution in [1.29, 1.82) is 0 Å². The highest BCUT2D eigenvalue weighted by atomic mass is 32.1. The molecule has 0 aliphatic heterocycles. The summed E-state index contributed by atoms with van der Waals surface area (Å²) in [6.07, 6.45) is 8.36. The number of carbonyl (C=O) groups is 1. The fourth-order valence-corrected chi connectivity index (χ4v) is 3.89. The summed E-state index contributed by atoms with van der Waals surface area (Å²) < 4.78 is 1.46. The van der Waals surface area contributed by atoms with E-state index in [4.69, 9.17) is 0 Å². The third-order valence-electron chi connectivity index (χ3n) is 3.74. The molecule has 0 aromatic carbocycles. The summed E-state index contributed by atoms with van der Waals surface area (Å²) >= 11 is 2.51. The van der Waals surface area contributed by atoms with E-state index in [-0.39, 0.29) is 17.3 Å². The fraction of sp³-hybridized carbons (Fsp3) is 0.625. The number of rotatable bonds is 10. The lowest BCUT2D eigenvalue weighted by atomic mass is 10.1. The van der Waals surface area contributed by atoms with Crippen LogP contribution in [0.2, 0.25) is 0 Å². The average molecular weight is 369 g/mol. The SMILES string of the molecule is CCCCCCCCc1nnc(NC(=O)Cn2c(C)csc2=O)s1. The number of unbranched alkanes of at least 4 members (excludes halogenated alkanes) is 5. The van der Waals surface area contributed by atoms with Crippen molar-refractivity contribution in [3.05, 3.63) is 25.7 Å². The predicted molar refractivity (Wildman–Crippen MR) is 98.9 cm³/mol. The Hall–Kier alpha value is -1.54. The molecule has 8 heteroatoms. The Morgan fingerprint density at radius 3 is 2.67 bits per heavy atom. The van der Waals surface area contributed by atoms with Crippen molar-refractivity contribution < 1.29 is 4.79 Å². The number of aryl methyl sites for hydroxylation is 2. The van der Waals surface area contributed by atoms with Gasteiger partial charge in [0.15, 0.2) is 0 Å². The molecule has 24 heavy (non-hydrogen) atoms. The Balaban J connectivity index is 1.75. The summed E-state index contributed by atoms with van der Waals surface area (Å²) in [5.74, 6) is -0.249. The molecule has 132 valence electrons. The zero-order valence-electron chi connectivity index (χ0n) is 14.2. The van der Waals surface area contributed by atoms with Gasteiger partial charge in [0.1, 0.15) is 11.6 Å². The Bertz CT molecular complexity index is 705. The van der Waals surface area contributed by atoms with Gasteiger partial charge in [0.2, 0.25) is 11.0 Å². The van der Waals surface area contributed by atoms with Crippen molar-refractivity contribution in [3.8, 4) is 0 Å². The zero-order valence-corrected chi connectivity index (χ0v) is 15.8. The fourth-order valence-electron chi connectivity index (χ4n) is 2.36. The summed E-state index contributed by atoms with van der Waals surface area (Å²) in [4.78, 5) is 23.5. The van der Waals surface area contributed by atoms with Crippen molar-refractivity contribution in [1.82, 2.24) is 14.8 Å². The molecule has 0 saturated carbocycles. The monoisotopic (exact) mass is 368 g/mol. The second kappa shape index (κ2) is 9.68. The third kappa shape index (κ3) is 5.83. The summed E-state index contributed by atoms with van der Waals surface area (Å²) in [7, 11) is 0. The largest absolute Gasteiger partial charge is 0.307 e. The number of nitrogens with one attached hydrogen (secondary N) is 1. The molecule has 1 N–H and O–H groups in total. The molecule has 2 aromatic heterocycles. The first-order valence-electron chi connectivity index (χ1n) is 8.37. The maximum absolute atomic E-state index is 12.0. The summed E-state index contributed by atoms with van der Waals surface area (Å²) in [6, 6.07) is 0. The van der Waals surface area contributed by atoms with E-state index in [1.165, 1.54) is 48.0 Å². The van der Waals surface area contributed by atoms with Crippen LogP contribution in [-0.2, 0) is 17.8 Å². The van der Waals surface area contributed by atoms with Crippen molar-refractivity contribution in [2.75, 3.05) is 5.32 Å². The maximum Gasteiger partial charge on any atom is 0.307 e. The Kier molecular flexibility index (Phi) is 7.58. The first-order chi connectivity index (χ1) is 11.6. The second-order valence-electron chi connectivity index (χ2n) is 5.80. The van der Waals surface area contributed by atoms with Gasteiger partial charge in [-0.1, -0.05) is 61.7 Å². The van der Waals surface area contributed by atoms with E-state index in [0.29, 0.717) is 5.13 Å². The molecule has 6 nitrogen and oxygen atoms in total.